The molecule has 4 atom stereocenters. The van der Waals surface area contributed by atoms with Gasteiger partial charge in [-0.15, -0.1) is 0 Å². The van der Waals surface area contributed by atoms with Crippen molar-refractivity contribution in [1.82, 2.24) is 10.9 Å². The quantitative estimate of drug-likeness (QED) is 0.574. The van der Waals surface area contributed by atoms with Gasteiger partial charge in [0.1, 0.15) is 10.6 Å². The third-order valence-electron chi connectivity index (χ3n) is 5.86. The van der Waals surface area contributed by atoms with Crippen molar-refractivity contribution >= 4 is 27.3 Å². The summed E-state index contributed by atoms with van der Waals surface area (Å²) >= 11 is 6.09. The number of halogens is 1. The van der Waals surface area contributed by atoms with Gasteiger partial charge in [-0.2, -0.15) is 0 Å². The predicted molar refractivity (Wildman–Crippen MR) is 113 cm³/mol. The molecule has 0 bridgehead atoms. The zero-order chi connectivity index (χ0) is 20.6. The highest BCUT2D eigenvalue weighted by molar-refractivity contribution is 7.92. The van der Waals surface area contributed by atoms with Gasteiger partial charge in [0, 0.05) is 23.7 Å². The van der Waals surface area contributed by atoms with Gasteiger partial charge in [0.25, 0.3) is 10.0 Å². The van der Waals surface area contributed by atoms with Crippen LogP contribution < -0.4 is 26.0 Å². The summed E-state index contributed by atoms with van der Waals surface area (Å²) in [5.41, 5.74) is 14.2. The highest BCUT2D eigenvalue weighted by Crippen LogP contribution is 2.38. The van der Waals surface area contributed by atoms with E-state index in [1.807, 2.05) is 12.1 Å². The lowest BCUT2D eigenvalue weighted by molar-refractivity contribution is 0.281. The van der Waals surface area contributed by atoms with E-state index < -0.39 is 10.0 Å². The monoisotopic (exact) mass is 436 g/mol. The summed E-state index contributed by atoms with van der Waals surface area (Å²) in [6.45, 7) is 0. The Bertz CT molecular complexity index is 984. The first kappa shape index (κ1) is 20.4. The second-order valence-electron chi connectivity index (χ2n) is 7.62. The van der Waals surface area contributed by atoms with E-state index in [4.69, 9.17) is 22.1 Å². The van der Waals surface area contributed by atoms with Crippen molar-refractivity contribution in [2.45, 2.75) is 42.3 Å². The van der Waals surface area contributed by atoms with Gasteiger partial charge in [0.15, 0.2) is 0 Å². The number of sulfonamides is 1. The Kier molecular flexibility index (Phi) is 5.72. The van der Waals surface area contributed by atoms with Crippen molar-refractivity contribution in [3.05, 3.63) is 53.1 Å². The van der Waals surface area contributed by atoms with Crippen molar-refractivity contribution in [1.29, 1.82) is 0 Å². The van der Waals surface area contributed by atoms with E-state index in [0.29, 0.717) is 29.3 Å². The normalized spacial score (nSPS) is 26.7. The SMILES string of the molecule is COc1ccc(Cl)c(S(=O)(=O)Nc2ccc(C3CCC4C(N)NNC4C3)cc2)c1. The van der Waals surface area contributed by atoms with Gasteiger partial charge in [-0.3, -0.25) is 10.1 Å². The lowest BCUT2D eigenvalue weighted by atomic mass is 9.75. The van der Waals surface area contributed by atoms with Crippen molar-refractivity contribution in [3.8, 4) is 5.75 Å². The Morgan fingerprint density at radius 3 is 2.62 bits per heavy atom. The maximum Gasteiger partial charge on any atom is 0.263 e. The number of fused-ring (bicyclic) bond motifs is 1. The molecule has 0 radical (unpaired) electrons. The fraction of sp³-hybridized carbons (Fsp3) is 0.400. The van der Waals surface area contributed by atoms with E-state index >= 15 is 0 Å². The fourth-order valence-corrected chi connectivity index (χ4v) is 5.83. The Hall–Kier alpha value is -1.84. The zero-order valence-electron chi connectivity index (χ0n) is 16.1. The summed E-state index contributed by atoms with van der Waals surface area (Å²) in [7, 11) is -2.35. The Labute approximate surface area is 176 Å². The van der Waals surface area contributed by atoms with E-state index in [9.17, 15) is 8.42 Å². The van der Waals surface area contributed by atoms with Gasteiger partial charge in [0.2, 0.25) is 0 Å². The summed E-state index contributed by atoms with van der Waals surface area (Å²) in [4.78, 5) is -0.0166. The molecule has 5 N–H and O–H groups in total. The van der Waals surface area contributed by atoms with Crippen LogP contribution in [0.4, 0.5) is 5.69 Å². The number of ether oxygens (including phenoxy) is 1. The Morgan fingerprint density at radius 1 is 1.14 bits per heavy atom. The van der Waals surface area contributed by atoms with Gasteiger partial charge in [-0.25, -0.2) is 13.8 Å². The van der Waals surface area contributed by atoms with Crippen LogP contribution in [0.5, 0.6) is 5.75 Å². The van der Waals surface area contributed by atoms with Crippen LogP contribution in [0.25, 0.3) is 0 Å². The first-order valence-corrected chi connectivity index (χ1v) is 11.5. The van der Waals surface area contributed by atoms with E-state index in [1.54, 1.807) is 18.2 Å². The average Bonchev–Trinajstić information content (AvgIpc) is 3.09. The zero-order valence-corrected chi connectivity index (χ0v) is 17.6. The molecule has 0 aromatic heterocycles. The molecule has 4 unspecified atom stereocenters. The van der Waals surface area contributed by atoms with Gasteiger partial charge >= 0.3 is 0 Å². The van der Waals surface area contributed by atoms with Crippen LogP contribution in [-0.2, 0) is 10.0 Å². The minimum absolute atomic E-state index is 0.0150. The molecular weight excluding hydrogens is 412 g/mol. The van der Waals surface area contributed by atoms with E-state index in [2.05, 4.69) is 15.6 Å². The molecule has 1 saturated carbocycles. The van der Waals surface area contributed by atoms with Crippen molar-refractivity contribution in [2.24, 2.45) is 11.7 Å². The van der Waals surface area contributed by atoms with Crippen LogP contribution >= 0.6 is 11.6 Å². The minimum Gasteiger partial charge on any atom is -0.497 e. The van der Waals surface area contributed by atoms with E-state index in [1.165, 1.54) is 24.8 Å². The highest BCUT2D eigenvalue weighted by Gasteiger charge is 2.38. The van der Waals surface area contributed by atoms with Crippen LogP contribution in [0.15, 0.2) is 47.4 Å². The summed E-state index contributed by atoms with van der Waals surface area (Å²) < 4.78 is 33.2. The molecule has 1 heterocycles. The molecule has 29 heavy (non-hydrogen) atoms. The fourth-order valence-electron chi connectivity index (χ4n) is 4.25. The first-order valence-electron chi connectivity index (χ1n) is 9.60. The summed E-state index contributed by atoms with van der Waals surface area (Å²) in [6.07, 6.45) is 3.17. The second kappa shape index (κ2) is 8.12. The summed E-state index contributed by atoms with van der Waals surface area (Å²) in [5, 5.41) is 0.141. The number of benzene rings is 2. The molecule has 4 rings (SSSR count). The van der Waals surface area contributed by atoms with Crippen LogP contribution in [-0.4, -0.2) is 27.7 Å². The maximum absolute atomic E-state index is 12.8. The minimum atomic E-state index is -3.83. The largest absolute Gasteiger partial charge is 0.497 e. The second-order valence-corrected chi connectivity index (χ2v) is 9.68. The lowest BCUT2D eigenvalue weighted by Crippen LogP contribution is -2.39. The molecule has 2 aromatic rings. The van der Waals surface area contributed by atoms with E-state index in [-0.39, 0.29) is 16.1 Å². The first-order chi connectivity index (χ1) is 13.9. The van der Waals surface area contributed by atoms with Crippen LogP contribution in [0.1, 0.15) is 30.7 Å². The topological polar surface area (TPSA) is 105 Å². The molecule has 0 spiro atoms. The Morgan fingerprint density at radius 2 is 1.90 bits per heavy atom. The number of rotatable bonds is 5. The van der Waals surface area contributed by atoms with Crippen molar-refractivity contribution in [2.75, 3.05) is 11.8 Å². The average molecular weight is 437 g/mol. The number of nitrogens with two attached hydrogens (primary N) is 1. The molecule has 7 nitrogen and oxygen atoms in total. The third kappa shape index (κ3) is 4.22. The number of hydrazine groups is 1. The summed E-state index contributed by atoms with van der Waals surface area (Å²) in [6, 6.07) is 12.5. The third-order valence-corrected chi connectivity index (χ3v) is 7.73. The number of nitrogens with one attached hydrogen (secondary N) is 3. The molecule has 2 fully saturated rings. The number of hydrogen-bond donors (Lipinski definition) is 4. The Balaban J connectivity index is 1.47. The molecule has 1 saturated heterocycles. The predicted octanol–water partition coefficient (Wildman–Crippen LogP) is 2.79. The molecule has 0 amide bonds. The molecule has 1 aliphatic heterocycles. The van der Waals surface area contributed by atoms with Crippen molar-refractivity contribution in [3.63, 3.8) is 0 Å². The number of hydrogen-bond acceptors (Lipinski definition) is 6. The van der Waals surface area contributed by atoms with E-state index in [0.717, 1.165) is 19.3 Å². The van der Waals surface area contributed by atoms with Crippen LogP contribution in [0, 0.1) is 5.92 Å². The molecular formula is C20H25ClN4O3S. The lowest BCUT2D eigenvalue weighted by Gasteiger charge is -2.32. The van der Waals surface area contributed by atoms with Gasteiger partial charge in [0.05, 0.1) is 18.3 Å². The van der Waals surface area contributed by atoms with Crippen LogP contribution in [0.2, 0.25) is 5.02 Å². The van der Waals surface area contributed by atoms with Gasteiger partial charge in [-0.1, -0.05) is 23.7 Å². The van der Waals surface area contributed by atoms with Crippen LogP contribution in [0.3, 0.4) is 0 Å². The molecule has 9 heteroatoms. The molecule has 1 aliphatic carbocycles. The molecule has 156 valence electrons. The van der Waals surface area contributed by atoms with Gasteiger partial charge < -0.3 is 10.5 Å². The van der Waals surface area contributed by atoms with Gasteiger partial charge in [-0.05, 0) is 55.0 Å². The summed E-state index contributed by atoms with van der Waals surface area (Å²) in [5.74, 6) is 1.31. The smallest absolute Gasteiger partial charge is 0.263 e. The molecule has 2 aliphatic rings. The highest BCUT2D eigenvalue weighted by atomic mass is 35.5. The number of methoxy groups -OCH3 is 1. The standard InChI is InChI=1S/C20H25ClN4O3S/c1-28-15-7-9-17(21)19(11-15)29(26,27)25-14-5-2-12(3-6-14)13-4-8-16-18(10-13)23-24-20(16)22/h2-3,5-7,9,11,13,16,18,20,23-25H,4,8,10,22H2,1H3. The molecule has 2 aromatic carbocycles. The van der Waals surface area contributed by atoms with Crippen molar-refractivity contribution < 1.29 is 13.2 Å². The maximum atomic E-state index is 12.8. The number of anilines is 1.